The summed E-state index contributed by atoms with van der Waals surface area (Å²) in [7, 11) is 0. The van der Waals surface area contributed by atoms with Gasteiger partial charge in [0.25, 0.3) is 0 Å². The molecule has 1 aliphatic heterocycles. The summed E-state index contributed by atoms with van der Waals surface area (Å²) in [6.07, 6.45) is 1.93. The SMILES string of the molecule is Cc1cc2c(cc1C)N(c1cc(-c3ccccc3)cc(C(C)(C)C)c1)CN2c1cc(Oc2ccc3c4ccccc4n(-c4cc(C(C)(C)C)ccn4)c3c2)cc(-c2ccccc2)c1. The summed E-state index contributed by atoms with van der Waals surface area (Å²) in [6.45, 7) is 18.7. The lowest BCUT2D eigenvalue weighted by molar-refractivity contribution is 0.483. The van der Waals surface area contributed by atoms with Crippen molar-refractivity contribution in [2.45, 2.75) is 66.2 Å². The minimum atomic E-state index is -0.0361. The largest absolute Gasteiger partial charge is 0.457 e. The monoisotopic (exact) mass is 822 g/mol. The fourth-order valence-electron chi connectivity index (χ4n) is 8.95. The van der Waals surface area contributed by atoms with Crippen LogP contribution in [0.1, 0.15) is 63.8 Å². The zero-order valence-electron chi connectivity index (χ0n) is 37.6. The van der Waals surface area contributed by atoms with E-state index in [1.165, 1.54) is 55.8 Å². The molecule has 2 aromatic heterocycles. The molecular weight excluding hydrogens is 769 g/mol. The second kappa shape index (κ2) is 15.4. The minimum absolute atomic E-state index is 0.0157. The Morgan fingerprint density at radius 3 is 1.67 bits per heavy atom. The molecule has 0 N–H and O–H groups in total. The third-order valence-corrected chi connectivity index (χ3v) is 12.7. The van der Waals surface area contributed by atoms with Crippen molar-refractivity contribution in [1.29, 1.82) is 0 Å². The number of aromatic nitrogens is 2. The number of hydrogen-bond donors (Lipinski definition) is 0. The molecule has 0 saturated heterocycles. The van der Waals surface area contributed by atoms with Crippen molar-refractivity contribution in [3.63, 3.8) is 0 Å². The molecule has 10 rings (SSSR count). The number of rotatable bonds is 7. The van der Waals surface area contributed by atoms with Gasteiger partial charge in [0.15, 0.2) is 0 Å². The summed E-state index contributed by atoms with van der Waals surface area (Å²) in [6, 6.07) is 59.2. The highest BCUT2D eigenvalue weighted by Crippen LogP contribution is 2.48. The predicted molar refractivity (Wildman–Crippen MR) is 265 cm³/mol. The molecular formula is C58H54N4O. The Morgan fingerprint density at radius 2 is 1.03 bits per heavy atom. The van der Waals surface area contributed by atoms with Crippen molar-refractivity contribution in [1.82, 2.24) is 9.55 Å². The number of para-hydroxylation sites is 1. The van der Waals surface area contributed by atoms with E-state index >= 15 is 0 Å². The second-order valence-electron chi connectivity index (χ2n) is 19.2. The number of ether oxygens (including phenoxy) is 1. The molecule has 0 unspecified atom stereocenters. The number of anilines is 4. The van der Waals surface area contributed by atoms with E-state index in [1.54, 1.807) is 0 Å². The molecule has 3 heterocycles. The van der Waals surface area contributed by atoms with Crippen LogP contribution in [-0.4, -0.2) is 16.2 Å². The molecule has 0 bridgehead atoms. The van der Waals surface area contributed by atoms with E-state index < -0.39 is 0 Å². The highest BCUT2D eigenvalue weighted by Gasteiger charge is 2.31. The van der Waals surface area contributed by atoms with Gasteiger partial charge in [0.05, 0.1) is 22.4 Å². The van der Waals surface area contributed by atoms with Crippen molar-refractivity contribution in [2.24, 2.45) is 0 Å². The molecule has 0 spiro atoms. The molecule has 0 fully saturated rings. The van der Waals surface area contributed by atoms with Crippen molar-refractivity contribution in [2.75, 3.05) is 16.5 Å². The summed E-state index contributed by atoms with van der Waals surface area (Å²) in [5, 5.41) is 2.34. The summed E-state index contributed by atoms with van der Waals surface area (Å²) in [4.78, 5) is 9.84. The van der Waals surface area contributed by atoms with Crippen molar-refractivity contribution in [3.8, 4) is 39.6 Å². The molecule has 1 aliphatic rings. The Hall–Kier alpha value is -7.11. The second-order valence-corrected chi connectivity index (χ2v) is 19.2. The Kier molecular flexibility index (Phi) is 9.75. The average molecular weight is 823 g/mol. The van der Waals surface area contributed by atoms with Gasteiger partial charge in [0.2, 0.25) is 0 Å². The lowest BCUT2D eigenvalue weighted by Crippen LogP contribution is -2.24. The molecule has 5 nitrogen and oxygen atoms in total. The maximum Gasteiger partial charge on any atom is 0.137 e. The smallest absolute Gasteiger partial charge is 0.137 e. The van der Waals surface area contributed by atoms with E-state index in [2.05, 4.69) is 234 Å². The van der Waals surface area contributed by atoms with Gasteiger partial charge in [-0.3, -0.25) is 4.57 Å². The minimum Gasteiger partial charge on any atom is -0.457 e. The van der Waals surface area contributed by atoms with Crippen molar-refractivity contribution >= 4 is 44.6 Å². The number of pyridine rings is 1. The van der Waals surface area contributed by atoms with Gasteiger partial charge in [-0.25, -0.2) is 4.98 Å². The third-order valence-electron chi connectivity index (χ3n) is 12.7. The van der Waals surface area contributed by atoms with E-state index in [-0.39, 0.29) is 10.8 Å². The Labute approximate surface area is 371 Å². The van der Waals surface area contributed by atoms with Crippen LogP contribution >= 0.6 is 0 Å². The summed E-state index contributed by atoms with van der Waals surface area (Å²) in [5.74, 6) is 2.43. The Balaban J connectivity index is 1.10. The number of hydrogen-bond acceptors (Lipinski definition) is 4. The lowest BCUT2D eigenvalue weighted by Gasteiger charge is -2.27. The van der Waals surface area contributed by atoms with Crippen LogP contribution < -0.4 is 14.5 Å². The molecule has 5 heteroatoms. The molecule has 0 aliphatic carbocycles. The van der Waals surface area contributed by atoms with Gasteiger partial charge in [-0.1, -0.05) is 126 Å². The van der Waals surface area contributed by atoms with Crippen molar-refractivity contribution < 1.29 is 4.74 Å². The number of aryl methyl sites for hydroxylation is 2. The molecule has 9 aromatic rings. The van der Waals surface area contributed by atoms with Crippen LogP contribution in [0.3, 0.4) is 0 Å². The van der Waals surface area contributed by atoms with Gasteiger partial charge in [-0.05, 0) is 136 Å². The van der Waals surface area contributed by atoms with Crippen LogP contribution in [0, 0.1) is 13.8 Å². The summed E-state index contributed by atoms with van der Waals surface area (Å²) in [5.41, 5.74) is 16.4. The first kappa shape index (κ1) is 40.0. The standard InChI is InChI=1S/C58H54N4O/c1-38-27-54-55(28-39(38)2)61(37-60(54)46-30-42(40-17-11-9-12-18-40)29-45(33-46)58(6,7)8)47-31-43(41-19-13-10-14-20-41)32-49(35-47)63-48-23-24-51-50-21-15-16-22-52(50)62(53(51)36-48)56-34-44(25-26-59-56)57(3,4)5/h9-36H,37H2,1-8H3. The fraction of sp³-hybridized carbons (Fsp3) is 0.190. The van der Waals surface area contributed by atoms with E-state index in [4.69, 9.17) is 9.72 Å². The third kappa shape index (κ3) is 7.52. The van der Waals surface area contributed by atoms with Gasteiger partial charge in [-0.2, -0.15) is 0 Å². The quantitative estimate of drug-likeness (QED) is 0.160. The van der Waals surface area contributed by atoms with Crippen LogP contribution in [-0.2, 0) is 10.8 Å². The molecule has 0 saturated carbocycles. The maximum absolute atomic E-state index is 7.00. The number of nitrogens with zero attached hydrogens (tertiary/aromatic N) is 4. The van der Waals surface area contributed by atoms with Crippen LogP contribution in [0.25, 0.3) is 49.9 Å². The van der Waals surface area contributed by atoms with E-state index in [1.807, 2.05) is 6.20 Å². The first-order valence-corrected chi connectivity index (χ1v) is 22.0. The fourth-order valence-corrected chi connectivity index (χ4v) is 8.95. The van der Waals surface area contributed by atoms with Gasteiger partial charge in [-0.15, -0.1) is 0 Å². The van der Waals surface area contributed by atoms with E-state index in [0.717, 1.165) is 50.6 Å². The van der Waals surface area contributed by atoms with Crippen LogP contribution in [0.5, 0.6) is 11.5 Å². The molecule has 0 atom stereocenters. The molecule has 0 radical (unpaired) electrons. The Morgan fingerprint density at radius 1 is 0.460 bits per heavy atom. The molecule has 7 aromatic carbocycles. The maximum atomic E-state index is 7.00. The summed E-state index contributed by atoms with van der Waals surface area (Å²) >= 11 is 0. The normalized spacial score (nSPS) is 13.0. The van der Waals surface area contributed by atoms with Crippen LogP contribution in [0.4, 0.5) is 22.7 Å². The first-order valence-electron chi connectivity index (χ1n) is 22.0. The summed E-state index contributed by atoms with van der Waals surface area (Å²) < 4.78 is 9.27. The topological polar surface area (TPSA) is 33.5 Å². The highest BCUT2D eigenvalue weighted by atomic mass is 16.5. The van der Waals surface area contributed by atoms with Gasteiger partial charge >= 0.3 is 0 Å². The van der Waals surface area contributed by atoms with Crippen molar-refractivity contribution in [3.05, 3.63) is 192 Å². The zero-order chi connectivity index (χ0) is 43.6. The first-order chi connectivity index (χ1) is 30.3. The average Bonchev–Trinajstić information content (AvgIpc) is 3.81. The van der Waals surface area contributed by atoms with Gasteiger partial charge < -0.3 is 14.5 Å². The van der Waals surface area contributed by atoms with Gasteiger partial charge in [0, 0.05) is 40.5 Å². The lowest BCUT2D eigenvalue weighted by atomic mass is 9.85. The highest BCUT2D eigenvalue weighted by molar-refractivity contribution is 6.09. The number of fused-ring (bicyclic) bond motifs is 4. The molecule has 312 valence electrons. The van der Waals surface area contributed by atoms with E-state index in [0.29, 0.717) is 6.67 Å². The zero-order valence-corrected chi connectivity index (χ0v) is 37.6. The number of benzene rings is 7. The van der Waals surface area contributed by atoms with Gasteiger partial charge in [0.1, 0.15) is 24.0 Å². The Bertz CT molecular complexity index is 3170. The molecule has 0 amide bonds. The van der Waals surface area contributed by atoms with Crippen LogP contribution in [0.15, 0.2) is 170 Å². The van der Waals surface area contributed by atoms with E-state index in [9.17, 15) is 0 Å². The van der Waals surface area contributed by atoms with Crippen LogP contribution in [0.2, 0.25) is 0 Å². The predicted octanol–water partition coefficient (Wildman–Crippen LogP) is 15.8. The molecule has 63 heavy (non-hydrogen) atoms.